The molecule has 0 amide bonds. The van der Waals surface area contributed by atoms with Gasteiger partial charge >= 0.3 is 0 Å². The van der Waals surface area contributed by atoms with Crippen molar-refractivity contribution in [3.63, 3.8) is 0 Å². The second kappa shape index (κ2) is 3.95. The van der Waals surface area contributed by atoms with E-state index in [-0.39, 0.29) is 5.60 Å². The number of benzene rings is 2. The summed E-state index contributed by atoms with van der Waals surface area (Å²) in [5.74, 6) is 0.876. The van der Waals surface area contributed by atoms with Gasteiger partial charge in [0.1, 0.15) is 11.4 Å². The first-order valence-corrected chi connectivity index (χ1v) is 6.87. The highest BCUT2D eigenvalue weighted by atomic mass is 16.5. The molecular formula is C16H17NO2. The van der Waals surface area contributed by atoms with E-state index in [1.807, 2.05) is 18.2 Å². The maximum Gasteiger partial charge on any atom is 0.133 e. The van der Waals surface area contributed by atoms with Crippen LogP contribution in [0.5, 0.6) is 5.75 Å². The van der Waals surface area contributed by atoms with Crippen molar-refractivity contribution in [3.05, 3.63) is 42.0 Å². The molecule has 2 unspecified atom stereocenters. The number of aliphatic hydroxyl groups is 1. The van der Waals surface area contributed by atoms with E-state index in [2.05, 4.69) is 23.5 Å². The minimum absolute atomic E-state index is 0.226. The molecule has 1 fully saturated rings. The van der Waals surface area contributed by atoms with Gasteiger partial charge in [-0.15, -0.1) is 0 Å². The van der Waals surface area contributed by atoms with Crippen LogP contribution in [0.1, 0.15) is 24.5 Å². The summed E-state index contributed by atoms with van der Waals surface area (Å²) in [7, 11) is 0. The lowest BCUT2D eigenvalue weighted by Gasteiger charge is -2.38. The van der Waals surface area contributed by atoms with E-state index in [4.69, 9.17) is 4.74 Å². The molecule has 2 aliphatic rings. The van der Waals surface area contributed by atoms with Crippen LogP contribution in [0.4, 0.5) is 0 Å². The predicted octanol–water partition coefficient (Wildman–Crippen LogP) is 2.39. The summed E-state index contributed by atoms with van der Waals surface area (Å²) in [5, 5.41) is 16.1. The van der Waals surface area contributed by atoms with Crippen LogP contribution in [0.15, 0.2) is 36.4 Å². The molecule has 3 nitrogen and oxygen atoms in total. The van der Waals surface area contributed by atoms with Gasteiger partial charge in [-0.2, -0.15) is 0 Å². The minimum Gasteiger partial charge on any atom is -0.485 e. The van der Waals surface area contributed by atoms with Gasteiger partial charge in [0.15, 0.2) is 0 Å². The van der Waals surface area contributed by atoms with Gasteiger partial charge in [0, 0.05) is 30.3 Å². The van der Waals surface area contributed by atoms with Crippen molar-refractivity contribution in [2.75, 3.05) is 13.1 Å². The average Bonchev–Trinajstić information content (AvgIpc) is 2.86. The third-order valence-corrected chi connectivity index (χ3v) is 4.36. The summed E-state index contributed by atoms with van der Waals surface area (Å²) < 4.78 is 6.34. The molecule has 98 valence electrons. The summed E-state index contributed by atoms with van der Waals surface area (Å²) >= 11 is 0. The lowest BCUT2D eigenvalue weighted by molar-refractivity contribution is 0.00117. The Morgan fingerprint density at radius 1 is 1.21 bits per heavy atom. The summed E-state index contributed by atoms with van der Waals surface area (Å²) in [6, 6.07) is 12.3. The number of rotatable bonds is 0. The van der Waals surface area contributed by atoms with E-state index >= 15 is 0 Å². The second-order valence-electron chi connectivity index (χ2n) is 5.64. The normalized spacial score (nSPS) is 29.4. The van der Waals surface area contributed by atoms with E-state index in [0.717, 1.165) is 41.6 Å². The molecule has 0 radical (unpaired) electrons. The molecule has 2 aromatic rings. The first kappa shape index (κ1) is 11.3. The zero-order chi connectivity index (χ0) is 12.9. The van der Waals surface area contributed by atoms with Gasteiger partial charge in [-0.25, -0.2) is 0 Å². The molecule has 2 aliphatic heterocycles. The Bertz CT molecular complexity index is 632. The fourth-order valence-electron chi connectivity index (χ4n) is 3.34. The molecule has 2 N–H and O–H groups in total. The molecule has 1 saturated heterocycles. The number of hydrogen-bond donors (Lipinski definition) is 2. The van der Waals surface area contributed by atoms with Gasteiger partial charge in [-0.3, -0.25) is 0 Å². The molecular weight excluding hydrogens is 238 g/mol. The van der Waals surface area contributed by atoms with E-state index in [1.165, 1.54) is 0 Å². The molecule has 0 saturated carbocycles. The molecule has 0 bridgehead atoms. The smallest absolute Gasteiger partial charge is 0.133 e. The van der Waals surface area contributed by atoms with Crippen molar-refractivity contribution >= 4 is 10.8 Å². The van der Waals surface area contributed by atoms with Crippen molar-refractivity contribution in [1.29, 1.82) is 0 Å². The standard InChI is InChI=1S/C16H17NO2/c18-14-9-16(7-8-17-10-16)19-15-12-4-2-1-3-11(12)5-6-13(14)15/h1-6,14,17-18H,7-10H2. The lowest BCUT2D eigenvalue weighted by Crippen LogP contribution is -2.43. The van der Waals surface area contributed by atoms with Crippen molar-refractivity contribution in [2.24, 2.45) is 0 Å². The van der Waals surface area contributed by atoms with Gasteiger partial charge in [0.05, 0.1) is 6.10 Å². The average molecular weight is 255 g/mol. The minimum atomic E-state index is -0.423. The zero-order valence-corrected chi connectivity index (χ0v) is 10.7. The molecule has 3 heteroatoms. The molecule has 0 aliphatic carbocycles. The van der Waals surface area contributed by atoms with Gasteiger partial charge in [0.25, 0.3) is 0 Å². The largest absolute Gasteiger partial charge is 0.485 e. The highest BCUT2D eigenvalue weighted by Crippen LogP contribution is 2.45. The number of nitrogens with one attached hydrogen (secondary N) is 1. The summed E-state index contributed by atoms with van der Waals surface area (Å²) in [4.78, 5) is 0. The monoisotopic (exact) mass is 255 g/mol. The SMILES string of the molecule is OC1CC2(CCNC2)Oc2c1ccc1ccccc21. The third kappa shape index (κ3) is 1.66. The first-order chi connectivity index (χ1) is 9.27. The van der Waals surface area contributed by atoms with Crippen LogP contribution < -0.4 is 10.1 Å². The van der Waals surface area contributed by atoms with Crippen LogP contribution >= 0.6 is 0 Å². The van der Waals surface area contributed by atoms with Crippen molar-refractivity contribution < 1.29 is 9.84 Å². The first-order valence-electron chi connectivity index (χ1n) is 6.87. The third-order valence-electron chi connectivity index (χ3n) is 4.36. The van der Waals surface area contributed by atoms with Crippen LogP contribution in [0.25, 0.3) is 10.8 Å². The van der Waals surface area contributed by atoms with Gasteiger partial charge in [-0.1, -0.05) is 36.4 Å². The Morgan fingerprint density at radius 3 is 2.95 bits per heavy atom. The zero-order valence-electron chi connectivity index (χ0n) is 10.7. The van der Waals surface area contributed by atoms with Gasteiger partial charge < -0.3 is 15.2 Å². The van der Waals surface area contributed by atoms with Gasteiger partial charge in [-0.05, 0) is 11.9 Å². The predicted molar refractivity (Wildman–Crippen MR) is 74.4 cm³/mol. The number of fused-ring (bicyclic) bond motifs is 3. The number of aliphatic hydroxyl groups excluding tert-OH is 1. The van der Waals surface area contributed by atoms with E-state index in [0.29, 0.717) is 6.42 Å². The summed E-state index contributed by atoms with van der Waals surface area (Å²) in [6.45, 7) is 1.79. The van der Waals surface area contributed by atoms with Crippen molar-refractivity contribution in [1.82, 2.24) is 5.32 Å². The lowest BCUT2D eigenvalue weighted by atomic mass is 9.87. The Morgan fingerprint density at radius 2 is 2.11 bits per heavy atom. The van der Waals surface area contributed by atoms with E-state index < -0.39 is 6.10 Å². The topological polar surface area (TPSA) is 41.5 Å². The summed E-state index contributed by atoms with van der Waals surface area (Å²) in [6.07, 6.45) is 1.23. The maximum absolute atomic E-state index is 10.4. The summed E-state index contributed by atoms with van der Waals surface area (Å²) in [5.41, 5.74) is 0.701. The molecule has 0 aromatic heterocycles. The maximum atomic E-state index is 10.4. The van der Waals surface area contributed by atoms with Crippen molar-refractivity contribution in [3.8, 4) is 5.75 Å². The fourth-order valence-corrected chi connectivity index (χ4v) is 3.34. The molecule has 19 heavy (non-hydrogen) atoms. The fraction of sp³-hybridized carbons (Fsp3) is 0.375. The van der Waals surface area contributed by atoms with Crippen molar-refractivity contribution in [2.45, 2.75) is 24.5 Å². The quantitative estimate of drug-likeness (QED) is 0.759. The molecule has 1 spiro atoms. The second-order valence-corrected chi connectivity index (χ2v) is 5.64. The number of ether oxygens (including phenoxy) is 1. The Balaban J connectivity index is 1.91. The number of hydrogen-bond acceptors (Lipinski definition) is 3. The van der Waals surface area contributed by atoms with E-state index in [9.17, 15) is 5.11 Å². The van der Waals surface area contributed by atoms with Crippen LogP contribution in [0, 0.1) is 0 Å². The van der Waals surface area contributed by atoms with Crippen LogP contribution in [0.3, 0.4) is 0 Å². The van der Waals surface area contributed by atoms with Gasteiger partial charge in [0.2, 0.25) is 0 Å². The van der Waals surface area contributed by atoms with E-state index in [1.54, 1.807) is 0 Å². The Kier molecular flexibility index (Phi) is 2.34. The van der Waals surface area contributed by atoms with Crippen LogP contribution in [-0.2, 0) is 0 Å². The highest BCUT2D eigenvalue weighted by molar-refractivity contribution is 5.90. The Hall–Kier alpha value is -1.58. The highest BCUT2D eigenvalue weighted by Gasteiger charge is 2.43. The molecule has 4 rings (SSSR count). The molecule has 2 atom stereocenters. The molecule has 2 aromatic carbocycles. The van der Waals surface area contributed by atoms with Crippen LogP contribution in [-0.4, -0.2) is 23.8 Å². The Labute approximate surface area is 112 Å². The molecule has 2 heterocycles. The van der Waals surface area contributed by atoms with Crippen LogP contribution in [0.2, 0.25) is 0 Å².